The molecule has 6 heteroatoms. The molecule has 0 unspecified atom stereocenters. The minimum atomic E-state index is -4.36. The van der Waals surface area contributed by atoms with Crippen LogP contribution in [0.3, 0.4) is 0 Å². The van der Waals surface area contributed by atoms with Crippen LogP contribution < -0.4 is 0 Å². The van der Waals surface area contributed by atoms with Gasteiger partial charge in [0.15, 0.2) is 0 Å². The largest absolute Gasteiger partial charge is 0.469 e. The molecule has 0 spiro atoms. The third kappa shape index (κ3) is 3.70. The van der Waals surface area contributed by atoms with Crippen LogP contribution in [0.2, 0.25) is 0 Å². The molecule has 2 aromatic carbocycles. The van der Waals surface area contributed by atoms with Gasteiger partial charge in [-0.25, -0.2) is 4.57 Å². The van der Waals surface area contributed by atoms with Crippen LogP contribution in [0.25, 0.3) is 21.8 Å². The van der Waals surface area contributed by atoms with Crippen molar-refractivity contribution in [3.8, 4) is 0 Å². The second-order valence-corrected chi connectivity index (χ2v) is 7.46. The lowest BCUT2D eigenvalue weighted by Gasteiger charge is -2.08. The molecule has 0 aliphatic heterocycles. The zero-order valence-electron chi connectivity index (χ0n) is 13.9. The van der Waals surface area contributed by atoms with E-state index in [2.05, 4.69) is 59.3 Å². The van der Waals surface area contributed by atoms with E-state index in [0.717, 1.165) is 13.0 Å². The van der Waals surface area contributed by atoms with E-state index in [1.165, 1.54) is 32.9 Å². The predicted octanol–water partition coefficient (Wildman–Crippen LogP) is 4.30. The number of nitrogens with zero attached hydrogens (tertiary/aromatic N) is 1. The smallest absolute Gasteiger partial charge is 0.340 e. The molecule has 0 aliphatic carbocycles. The summed E-state index contributed by atoms with van der Waals surface area (Å²) in [6, 6.07) is 12.9. The number of rotatable bonds is 6. The summed E-state index contributed by atoms with van der Waals surface area (Å²) in [7, 11) is -4.36. The molecule has 1 aromatic heterocycles. The average Bonchev–Trinajstić information content (AvgIpc) is 2.79. The second kappa shape index (κ2) is 6.69. The summed E-state index contributed by atoms with van der Waals surface area (Å²) in [6.07, 6.45) is 1.39. The lowest BCUT2D eigenvalue weighted by atomic mass is 10.1. The number of benzene rings is 2. The Morgan fingerprint density at radius 1 is 0.958 bits per heavy atom. The van der Waals surface area contributed by atoms with Gasteiger partial charge in [-0.1, -0.05) is 23.3 Å². The van der Waals surface area contributed by atoms with Crippen molar-refractivity contribution in [3.63, 3.8) is 0 Å². The van der Waals surface area contributed by atoms with Gasteiger partial charge in [0.1, 0.15) is 0 Å². The van der Waals surface area contributed by atoms with Gasteiger partial charge in [0.2, 0.25) is 0 Å². The van der Waals surface area contributed by atoms with E-state index in [1.807, 2.05) is 0 Å². The highest BCUT2D eigenvalue weighted by molar-refractivity contribution is 7.46. The number of hydrogen-bond acceptors (Lipinski definition) is 2. The molecule has 5 nitrogen and oxygen atoms in total. The van der Waals surface area contributed by atoms with Gasteiger partial charge in [-0.3, -0.25) is 4.52 Å². The fourth-order valence-electron chi connectivity index (χ4n) is 3.13. The first-order chi connectivity index (χ1) is 11.3. The quantitative estimate of drug-likeness (QED) is 0.515. The van der Waals surface area contributed by atoms with Crippen LogP contribution in [0.1, 0.15) is 24.0 Å². The number of aryl methyl sites for hydroxylation is 3. The minimum Gasteiger partial charge on any atom is -0.340 e. The molecule has 0 saturated heterocycles. The first-order valence-electron chi connectivity index (χ1n) is 8.04. The lowest BCUT2D eigenvalue weighted by molar-refractivity contribution is 0.193. The number of fused-ring (bicyclic) bond motifs is 3. The Labute approximate surface area is 141 Å². The van der Waals surface area contributed by atoms with Crippen molar-refractivity contribution in [2.24, 2.45) is 0 Å². The Morgan fingerprint density at radius 3 is 2.00 bits per heavy atom. The van der Waals surface area contributed by atoms with Crippen molar-refractivity contribution in [2.75, 3.05) is 6.61 Å². The summed E-state index contributed by atoms with van der Waals surface area (Å²) in [5.74, 6) is 0. The number of phosphoric ester groups is 1. The Balaban J connectivity index is 1.87. The zero-order valence-corrected chi connectivity index (χ0v) is 14.8. The molecule has 2 N–H and O–H groups in total. The van der Waals surface area contributed by atoms with Gasteiger partial charge in [-0.15, -0.1) is 0 Å². The van der Waals surface area contributed by atoms with Gasteiger partial charge in [0.25, 0.3) is 0 Å². The van der Waals surface area contributed by atoms with Crippen LogP contribution in [0.4, 0.5) is 0 Å². The van der Waals surface area contributed by atoms with Gasteiger partial charge in [-0.05, 0) is 51.0 Å². The zero-order chi connectivity index (χ0) is 17.3. The van der Waals surface area contributed by atoms with Crippen molar-refractivity contribution in [3.05, 3.63) is 47.5 Å². The molecule has 1 heterocycles. The monoisotopic (exact) mass is 347 g/mol. The molecule has 0 bridgehead atoms. The molecule has 128 valence electrons. The van der Waals surface area contributed by atoms with Gasteiger partial charge in [0.05, 0.1) is 6.61 Å². The van der Waals surface area contributed by atoms with Crippen LogP contribution in [0, 0.1) is 13.8 Å². The standard InChI is InChI=1S/C18H22NO4P/c1-13-5-7-17-15(11-13)16-12-14(2)6-8-18(16)19(17)9-3-4-10-23-24(20,21)22/h5-8,11-12H,3-4,9-10H2,1-2H3,(H2,20,21,22). The molecular weight excluding hydrogens is 325 g/mol. The maximum atomic E-state index is 10.7. The summed E-state index contributed by atoms with van der Waals surface area (Å²) < 4.78 is 17.5. The van der Waals surface area contributed by atoms with Gasteiger partial charge < -0.3 is 14.4 Å². The third-order valence-electron chi connectivity index (χ3n) is 4.21. The summed E-state index contributed by atoms with van der Waals surface area (Å²) in [5, 5.41) is 2.50. The molecule has 0 aliphatic rings. The Morgan fingerprint density at radius 2 is 1.50 bits per heavy atom. The van der Waals surface area contributed by atoms with Crippen LogP contribution in [0.5, 0.6) is 0 Å². The molecule has 0 atom stereocenters. The highest BCUT2D eigenvalue weighted by Gasteiger charge is 2.13. The van der Waals surface area contributed by atoms with Crippen molar-refractivity contribution in [2.45, 2.75) is 33.2 Å². The van der Waals surface area contributed by atoms with Crippen molar-refractivity contribution in [1.29, 1.82) is 0 Å². The van der Waals surface area contributed by atoms with Crippen molar-refractivity contribution < 1.29 is 18.9 Å². The number of aromatic nitrogens is 1. The Hall–Kier alpha value is -1.65. The van der Waals surface area contributed by atoms with Crippen LogP contribution in [-0.2, 0) is 15.6 Å². The van der Waals surface area contributed by atoms with E-state index in [9.17, 15) is 4.57 Å². The van der Waals surface area contributed by atoms with E-state index in [0.29, 0.717) is 6.42 Å². The number of phosphoric acid groups is 1. The maximum absolute atomic E-state index is 10.7. The van der Waals surface area contributed by atoms with E-state index in [1.54, 1.807) is 0 Å². The third-order valence-corrected chi connectivity index (χ3v) is 4.73. The molecule has 3 rings (SSSR count). The molecular formula is C18H22NO4P. The van der Waals surface area contributed by atoms with E-state index < -0.39 is 7.82 Å². The van der Waals surface area contributed by atoms with Gasteiger partial charge >= 0.3 is 7.82 Å². The molecule has 0 saturated carbocycles. The minimum absolute atomic E-state index is 0.0691. The molecule has 0 radical (unpaired) electrons. The summed E-state index contributed by atoms with van der Waals surface area (Å²) in [5.41, 5.74) is 4.85. The Bertz CT molecular complexity index is 866. The maximum Gasteiger partial charge on any atom is 0.469 e. The first kappa shape index (κ1) is 17.2. The Kier molecular flexibility index (Phi) is 4.79. The van der Waals surface area contributed by atoms with Gasteiger partial charge in [-0.2, -0.15) is 0 Å². The number of unbranched alkanes of at least 4 members (excludes halogenated alkanes) is 1. The van der Waals surface area contributed by atoms with E-state index in [4.69, 9.17) is 9.79 Å². The number of hydrogen-bond donors (Lipinski definition) is 2. The molecule has 0 fully saturated rings. The fourth-order valence-corrected chi connectivity index (χ4v) is 3.50. The topological polar surface area (TPSA) is 71.7 Å². The lowest BCUT2D eigenvalue weighted by Crippen LogP contribution is -2.00. The van der Waals surface area contributed by atoms with E-state index in [-0.39, 0.29) is 6.61 Å². The van der Waals surface area contributed by atoms with Crippen LogP contribution >= 0.6 is 7.82 Å². The van der Waals surface area contributed by atoms with Crippen LogP contribution in [-0.4, -0.2) is 21.0 Å². The fraction of sp³-hybridized carbons (Fsp3) is 0.333. The average molecular weight is 347 g/mol. The first-order valence-corrected chi connectivity index (χ1v) is 9.57. The summed E-state index contributed by atoms with van der Waals surface area (Å²) >= 11 is 0. The summed E-state index contributed by atoms with van der Waals surface area (Å²) in [6.45, 7) is 5.05. The normalized spacial score (nSPS) is 12.3. The van der Waals surface area contributed by atoms with E-state index >= 15 is 0 Å². The second-order valence-electron chi connectivity index (χ2n) is 6.22. The van der Waals surface area contributed by atoms with Crippen LogP contribution in [0.15, 0.2) is 36.4 Å². The molecule has 3 aromatic rings. The molecule has 24 heavy (non-hydrogen) atoms. The highest BCUT2D eigenvalue weighted by atomic mass is 31.2. The van der Waals surface area contributed by atoms with Crippen molar-refractivity contribution in [1.82, 2.24) is 4.57 Å². The predicted molar refractivity (Wildman–Crippen MR) is 96.1 cm³/mol. The summed E-state index contributed by atoms with van der Waals surface area (Å²) in [4.78, 5) is 17.4. The molecule has 0 amide bonds. The van der Waals surface area contributed by atoms with Crippen molar-refractivity contribution >= 4 is 29.6 Å². The van der Waals surface area contributed by atoms with Gasteiger partial charge in [0, 0.05) is 28.4 Å². The highest BCUT2D eigenvalue weighted by Crippen LogP contribution is 2.36. The SMILES string of the molecule is Cc1ccc2c(c1)c1cc(C)ccc1n2CCCCOP(=O)(O)O.